The Hall–Kier alpha value is -0.510. The first-order valence-electron chi connectivity index (χ1n) is 2.09. The second-order valence-corrected chi connectivity index (χ2v) is 2.19. The molecule has 0 fully saturated rings. The molecule has 8 heavy (non-hydrogen) atoms. The van der Waals surface area contributed by atoms with Crippen molar-refractivity contribution in [3.63, 3.8) is 0 Å². The van der Waals surface area contributed by atoms with Crippen molar-refractivity contribution >= 4 is 23.3 Å². The minimum atomic E-state index is -0.126. The Bertz CT molecular complexity index is 110. The van der Waals surface area contributed by atoms with Gasteiger partial charge in [-0.1, -0.05) is 0 Å². The molecule has 0 saturated heterocycles. The first-order valence-corrected chi connectivity index (χ1v) is 3.48. The van der Waals surface area contributed by atoms with E-state index < -0.39 is 0 Å². The molecule has 0 heterocycles. The van der Waals surface area contributed by atoms with Crippen molar-refractivity contribution in [3.05, 3.63) is 0 Å². The van der Waals surface area contributed by atoms with Crippen LogP contribution in [0.25, 0.3) is 0 Å². The van der Waals surface area contributed by atoms with Crippen molar-refractivity contribution in [2.45, 2.75) is 0 Å². The van der Waals surface area contributed by atoms with Crippen LogP contribution in [0.2, 0.25) is 0 Å². The van der Waals surface area contributed by atoms with E-state index in [4.69, 9.17) is 16.6 Å². The third-order valence-electron chi connectivity index (χ3n) is 0.614. The summed E-state index contributed by atoms with van der Waals surface area (Å²) in [6.45, 7) is 0. The molecule has 0 aromatic heterocycles. The van der Waals surface area contributed by atoms with E-state index in [0.717, 1.165) is 0 Å². The smallest absolute Gasteiger partial charge is 0.137 e. The summed E-state index contributed by atoms with van der Waals surface area (Å²) in [5, 5.41) is 13.7. The van der Waals surface area contributed by atoms with Crippen LogP contribution in [0.3, 0.4) is 0 Å². The molecule has 3 nitrogen and oxygen atoms in total. The van der Waals surface area contributed by atoms with Gasteiger partial charge in [0.05, 0.1) is 5.71 Å². The van der Waals surface area contributed by atoms with Crippen molar-refractivity contribution < 1.29 is 0 Å². The molecule has 46 valence electrons. The van der Waals surface area contributed by atoms with Gasteiger partial charge < -0.3 is 11.1 Å². The van der Waals surface area contributed by atoms with Crippen LogP contribution in [-0.2, 0) is 0 Å². The Morgan fingerprint density at radius 2 is 2.12 bits per heavy atom. The lowest BCUT2D eigenvalue weighted by Crippen LogP contribution is -2.23. The summed E-state index contributed by atoms with van der Waals surface area (Å²) in [7, 11) is 0. The summed E-state index contributed by atoms with van der Waals surface area (Å²) in [5.74, 6) is 0.411. The Morgan fingerprint density at radius 1 is 1.62 bits per heavy atom. The Labute approximate surface area is 52.7 Å². The number of nitrogens with two attached hydrogens (primary N) is 1. The first-order chi connectivity index (χ1) is 3.68. The standard InChI is InChI=1S/C4H9N3S/c1-8-2-3(5)4(6)7/h5H,2H2,1H3,(H3,6,7). The van der Waals surface area contributed by atoms with Crippen molar-refractivity contribution in [2.24, 2.45) is 5.73 Å². The molecule has 0 bridgehead atoms. The Kier molecular flexibility index (Phi) is 3.26. The summed E-state index contributed by atoms with van der Waals surface area (Å²) < 4.78 is 0. The van der Waals surface area contributed by atoms with E-state index in [1.807, 2.05) is 6.26 Å². The lowest BCUT2D eigenvalue weighted by molar-refractivity contribution is 1.43. The van der Waals surface area contributed by atoms with Gasteiger partial charge in [-0.05, 0) is 6.26 Å². The van der Waals surface area contributed by atoms with E-state index >= 15 is 0 Å². The summed E-state index contributed by atoms with van der Waals surface area (Å²) in [6.07, 6.45) is 1.87. The fourth-order valence-corrected chi connectivity index (χ4v) is 0.666. The van der Waals surface area contributed by atoms with E-state index in [9.17, 15) is 0 Å². The minimum Gasteiger partial charge on any atom is -0.383 e. The molecular weight excluding hydrogens is 122 g/mol. The third kappa shape index (κ3) is 2.63. The molecule has 0 radical (unpaired) electrons. The molecule has 0 atom stereocenters. The van der Waals surface area contributed by atoms with Crippen LogP contribution in [0, 0.1) is 10.8 Å². The van der Waals surface area contributed by atoms with Crippen LogP contribution in [0.5, 0.6) is 0 Å². The maximum atomic E-state index is 6.97. The lowest BCUT2D eigenvalue weighted by Gasteiger charge is -1.94. The van der Waals surface area contributed by atoms with Gasteiger partial charge in [0.1, 0.15) is 5.84 Å². The molecule has 0 saturated carbocycles. The highest BCUT2D eigenvalue weighted by Crippen LogP contribution is 1.90. The van der Waals surface area contributed by atoms with Gasteiger partial charge >= 0.3 is 0 Å². The number of nitrogens with one attached hydrogen (secondary N) is 2. The molecular formula is C4H9N3S. The van der Waals surface area contributed by atoms with Gasteiger partial charge in [-0.2, -0.15) is 11.8 Å². The molecule has 0 aromatic carbocycles. The predicted octanol–water partition coefficient (Wildman–Crippen LogP) is 0.305. The molecule has 0 amide bonds. The molecule has 0 aromatic rings. The van der Waals surface area contributed by atoms with Crippen LogP contribution < -0.4 is 5.73 Å². The van der Waals surface area contributed by atoms with Gasteiger partial charge in [-0.15, -0.1) is 0 Å². The fraction of sp³-hybridized carbons (Fsp3) is 0.500. The monoisotopic (exact) mass is 131 g/mol. The van der Waals surface area contributed by atoms with Crippen molar-refractivity contribution in [1.82, 2.24) is 0 Å². The largest absolute Gasteiger partial charge is 0.383 e. The second-order valence-electron chi connectivity index (χ2n) is 1.33. The molecule has 0 spiro atoms. The normalized spacial score (nSPS) is 8.62. The number of amidine groups is 1. The van der Waals surface area contributed by atoms with Crippen molar-refractivity contribution in [3.8, 4) is 0 Å². The average molecular weight is 131 g/mol. The van der Waals surface area contributed by atoms with Crippen LogP contribution >= 0.6 is 11.8 Å². The molecule has 4 N–H and O–H groups in total. The van der Waals surface area contributed by atoms with E-state index in [0.29, 0.717) is 5.75 Å². The molecule has 4 heteroatoms. The van der Waals surface area contributed by atoms with Gasteiger partial charge in [0, 0.05) is 5.75 Å². The number of thioether (sulfide) groups is 1. The van der Waals surface area contributed by atoms with Gasteiger partial charge in [-0.3, -0.25) is 5.41 Å². The quantitative estimate of drug-likeness (QED) is 0.381. The van der Waals surface area contributed by atoms with Gasteiger partial charge in [0.25, 0.3) is 0 Å². The van der Waals surface area contributed by atoms with E-state index in [1.165, 1.54) is 11.8 Å². The maximum Gasteiger partial charge on any atom is 0.137 e. The second kappa shape index (κ2) is 3.49. The van der Waals surface area contributed by atoms with Gasteiger partial charge in [-0.25, -0.2) is 0 Å². The lowest BCUT2D eigenvalue weighted by atomic mass is 10.4. The van der Waals surface area contributed by atoms with Crippen molar-refractivity contribution in [1.29, 1.82) is 10.8 Å². The molecule has 0 aliphatic heterocycles. The van der Waals surface area contributed by atoms with E-state index in [1.54, 1.807) is 0 Å². The van der Waals surface area contributed by atoms with Gasteiger partial charge in [0.15, 0.2) is 0 Å². The SMILES string of the molecule is CSCC(=N)C(=N)N. The van der Waals surface area contributed by atoms with Crippen LogP contribution in [0.4, 0.5) is 0 Å². The molecule has 0 aliphatic carbocycles. The summed E-state index contributed by atoms with van der Waals surface area (Å²) in [5.41, 5.74) is 5.17. The van der Waals surface area contributed by atoms with E-state index in [-0.39, 0.29) is 11.5 Å². The van der Waals surface area contributed by atoms with Crippen LogP contribution in [-0.4, -0.2) is 23.6 Å². The number of hydrogen-bond donors (Lipinski definition) is 3. The molecule has 0 aliphatic rings. The maximum absolute atomic E-state index is 6.97. The number of hydrogen-bond acceptors (Lipinski definition) is 3. The van der Waals surface area contributed by atoms with Crippen LogP contribution in [0.15, 0.2) is 0 Å². The highest BCUT2D eigenvalue weighted by Gasteiger charge is 1.95. The first kappa shape index (κ1) is 7.49. The van der Waals surface area contributed by atoms with Crippen molar-refractivity contribution in [2.75, 3.05) is 12.0 Å². The number of rotatable bonds is 3. The zero-order chi connectivity index (χ0) is 6.57. The molecule has 0 rings (SSSR count). The van der Waals surface area contributed by atoms with E-state index in [2.05, 4.69) is 0 Å². The zero-order valence-electron chi connectivity index (χ0n) is 4.69. The summed E-state index contributed by atoms with van der Waals surface area (Å²) in [6, 6.07) is 0. The molecule has 0 unspecified atom stereocenters. The summed E-state index contributed by atoms with van der Waals surface area (Å²) in [4.78, 5) is 0. The predicted molar refractivity (Wildman–Crippen MR) is 38.0 cm³/mol. The van der Waals surface area contributed by atoms with Crippen LogP contribution in [0.1, 0.15) is 0 Å². The highest BCUT2D eigenvalue weighted by atomic mass is 32.2. The Morgan fingerprint density at radius 3 is 2.25 bits per heavy atom. The summed E-state index contributed by atoms with van der Waals surface area (Å²) >= 11 is 1.49. The highest BCUT2D eigenvalue weighted by molar-refractivity contribution is 7.99. The third-order valence-corrected chi connectivity index (χ3v) is 1.19. The average Bonchev–Trinajstić information content (AvgIpc) is 1.67. The minimum absolute atomic E-state index is 0.126. The Balaban J connectivity index is 3.49. The van der Waals surface area contributed by atoms with Gasteiger partial charge in [0.2, 0.25) is 0 Å². The topological polar surface area (TPSA) is 73.7 Å². The zero-order valence-corrected chi connectivity index (χ0v) is 5.51. The fourth-order valence-electron chi connectivity index (χ4n) is 0.222.